The van der Waals surface area contributed by atoms with Gasteiger partial charge in [-0.1, -0.05) is 115 Å². The Morgan fingerprint density at radius 3 is 1.76 bits per heavy atom. The highest BCUT2D eigenvalue weighted by Crippen LogP contribution is 2.35. The number of aryl methyl sites for hydroxylation is 1. The Balaban J connectivity index is 1.25. The van der Waals surface area contributed by atoms with Crippen molar-refractivity contribution >= 4 is 0 Å². The number of unbranched alkanes of at least 4 members (excludes halogenated alkanes) is 4. The molecule has 0 heterocycles. The maximum Gasteiger partial charge on any atom is 0.119 e. The molecule has 2 aliphatic rings. The molecule has 0 radical (unpaired) electrons. The smallest absolute Gasteiger partial charge is 0.119 e. The van der Waals surface area contributed by atoms with Crippen LogP contribution in [-0.4, -0.2) is 6.61 Å². The molecule has 192 valence electrons. The predicted octanol–water partition coefficient (Wildman–Crippen LogP) is 10.3. The van der Waals surface area contributed by atoms with Gasteiger partial charge in [-0.25, -0.2) is 0 Å². The lowest BCUT2D eigenvalue weighted by Crippen LogP contribution is -2.15. The second-order valence-electron chi connectivity index (χ2n) is 11.6. The Kier molecular flexibility index (Phi) is 13.2. The van der Waals surface area contributed by atoms with Crippen molar-refractivity contribution in [2.45, 2.75) is 129 Å². The molecule has 1 heteroatoms. The van der Waals surface area contributed by atoms with Crippen molar-refractivity contribution in [1.82, 2.24) is 0 Å². The van der Waals surface area contributed by atoms with Crippen molar-refractivity contribution in [3.8, 4) is 5.75 Å². The van der Waals surface area contributed by atoms with E-state index in [-0.39, 0.29) is 0 Å². The molecule has 0 aromatic heterocycles. The lowest BCUT2D eigenvalue weighted by Gasteiger charge is -2.28. The zero-order chi connectivity index (χ0) is 23.8. The van der Waals surface area contributed by atoms with Crippen molar-refractivity contribution in [3.05, 3.63) is 42.0 Å². The number of rotatable bonds is 15. The van der Waals surface area contributed by atoms with Crippen LogP contribution in [0.2, 0.25) is 0 Å². The molecule has 34 heavy (non-hydrogen) atoms. The highest BCUT2D eigenvalue weighted by Gasteiger charge is 2.21. The summed E-state index contributed by atoms with van der Waals surface area (Å²) < 4.78 is 6.00. The molecule has 0 unspecified atom stereocenters. The van der Waals surface area contributed by atoms with Crippen molar-refractivity contribution in [2.24, 2.45) is 23.7 Å². The summed E-state index contributed by atoms with van der Waals surface area (Å²) >= 11 is 0. The van der Waals surface area contributed by atoms with E-state index in [1.165, 1.54) is 121 Å². The van der Waals surface area contributed by atoms with Gasteiger partial charge >= 0.3 is 0 Å². The molecule has 2 fully saturated rings. The SMILES string of the molecule is CCCCCC1CCC(/C=C/COc2ccc(CCC3CCC(CCCCC)CC3)cc2)CC1. The molecule has 0 spiro atoms. The van der Waals surface area contributed by atoms with Crippen LogP contribution in [0.1, 0.15) is 129 Å². The van der Waals surface area contributed by atoms with E-state index in [0.717, 1.165) is 29.4 Å². The molecule has 3 rings (SSSR count). The minimum atomic E-state index is 0.706. The van der Waals surface area contributed by atoms with Crippen molar-refractivity contribution < 1.29 is 4.74 Å². The largest absolute Gasteiger partial charge is 0.490 e. The number of ether oxygens (including phenoxy) is 1. The van der Waals surface area contributed by atoms with Gasteiger partial charge in [-0.3, -0.25) is 0 Å². The van der Waals surface area contributed by atoms with Crippen LogP contribution >= 0.6 is 0 Å². The van der Waals surface area contributed by atoms with Gasteiger partial charge in [0.05, 0.1) is 0 Å². The van der Waals surface area contributed by atoms with Gasteiger partial charge in [0.2, 0.25) is 0 Å². The summed E-state index contributed by atoms with van der Waals surface area (Å²) in [5, 5.41) is 0. The maximum atomic E-state index is 6.00. The second kappa shape index (κ2) is 16.4. The van der Waals surface area contributed by atoms with Gasteiger partial charge < -0.3 is 4.74 Å². The lowest BCUT2D eigenvalue weighted by atomic mass is 9.78. The first-order chi connectivity index (χ1) is 16.8. The summed E-state index contributed by atoms with van der Waals surface area (Å²) in [7, 11) is 0. The van der Waals surface area contributed by atoms with Crippen molar-refractivity contribution in [1.29, 1.82) is 0 Å². The molecule has 0 saturated heterocycles. The van der Waals surface area contributed by atoms with Crippen molar-refractivity contribution in [3.63, 3.8) is 0 Å². The van der Waals surface area contributed by atoms with Gasteiger partial charge in [0, 0.05) is 0 Å². The van der Waals surface area contributed by atoms with E-state index in [1.54, 1.807) is 0 Å². The van der Waals surface area contributed by atoms with Crippen LogP contribution in [0.25, 0.3) is 0 Å². The standard InChI is InChI=1S/C33H54O/c1-3-5-7-10-28-13-15-30(16-14-28)12-9-27-34-33-25-23-32(24-26-33)22-21-31-19-17-29(18-20-31)11-8-6-4-2/h9,12,23-26,28-31H,3-8,10-11,13-22,27H2,1-2H3/b12-9+. The minimum absolute atomic E-state index is 0.706. The summed E-state index contributed by atoms with van der Waals surface area (Å²) in [4.78, 5) is 0. The van der Waals surface area contributed by atoms with Crippen LogP contribution in [-0.2, 0) is 6.42 Å². The molecule has 1 aromatic rings. The van der Waals surface area contributed by atoms with Crippen LogP contribution in [0, 0.1) is 23.7 Å². The summed E-state index contributed by atoms with van der Waals surface area (Å²) in [6.07, 6.45) is 30.2. The van der Waals surface area contributed by atoms with Crippen LogP contribution in [0.5, 0.6) is 5.75 Å². The zero-order valence-corrected chi connectivity index (χ0v) is 22.6. The van der Waals surface area contributed by atoms with Gasteiger partial charge in [-0.05, 0) is 79.9 Å². The first-order valence-corrected chi connectivity index (χ1v) is 15.1. The summed E-state index contributed by atoms with van der Waals surface area (Å²) in [6.45, 7) is 5.32. The third kappa shape index (κ3) is 10.6. The van der Waals surface area contributed by atoms with E-state index in [1.807, 2.05) is 0 Å². The fourth-order valence-corrected chi connectivity index (χ4v) is 6.36. The highest BCUT2D eigenvalue weighted by molar-refractivity contribution is 5.27. The minimum Gasteiger partial charge on any atom is -0.490 e. The number of benzene rings is 1. The van der Waals surface area contributed by atoms with Gasteiger partial charge in [-0.2, -0.15) is 0 Å². The Bertz CT molecular complexity index is 644. The molecule has 1 nitrogen and oxygen atoms in total. The number of allylic oxidation sites excluding steroid dienone is 1. The molecule has 0 amide bonds. The first kappa shape index (κ1) is 27.3. The Labute approximate surface area is 212 Å². The van der Waals surface area contributed by atoms with Gasteiger partial charge in [0.15, 0.2) is 0 Å². The molecule has 1 aromatic carbocycles. The summed E-state index contributed by atoms with van der Waals surface area (Å²) in [6, 6.07) is 8.93. The van der Waals surface area contributed by atoms with E-state index >= 15 is 0 Å². The van der Waals surface area contributed by atoms with E-state index < -0.39 is 0 Å². The Hall–Kier alpha value is -1.24. The van der Waals surface area contributed by atoms with Crippen LogP contribution in [0.3, 0.4) is 0 Å². The van der Waals surface area contributed by atoms with E-state index in [9.17, 15) is 0 Å². The molecular weight excluding hydrogens is 412 g/mol. The fourth-order valence-electron chi connectivity index (χ4n) is 6.36. The second-order valence-corrected chi connectivity index (χ2v) is 11.6. The lowest BCUT2D eigenvalue weighted by molar-refractivity contribution is 0.249. The normalized spacial score (nSPS) is 25.6. The molecule has 0 N–H and O–H groups in total. The van der Waals surface area contributed by atoms with Crippen LogP contribution in [0.15, 0.2) is 36.4 Å². The molecule has 2 aliphatic carbocycles. The predicted molar refractivity (Wildman–Crippen MR) is 149 cm³/mol. The Morgan fingerprint density at radius 1 is 0.676 bits per heavy atom. The van der Waals surface area contributed by atoms with Gasteiger partial charge in [0.25, 0.3) is 0 Å². The zero-order valence-electron chi connectivity index (χ0n) is 22.6. The highest BCUT2D eigenvalue weighted by atomic mass is 16.5. The Morgan fingerprint density at radius 2 is 1.21 bits per heavy atom. The molecule has 0 aliphatic heterocycles. The summed E-state index contributed by atoms with van der Waals surface area (Å²) in [5.41, 5.74) is 1.48. The maximum absolute atomic E-state index is 6.00. The van der Waals surface area contributed by atoms with Gasteiger partial charge in [0.1, 0.15) is 12.4 Å². The number of hydrogen-bond donors (Lipinski definition) is 0. The van der Waals surface area contributed by atoms with E-state index in [0.29, 0.717) is 6.61 Å². The topological polar surface area (TPSA) is 9.23 Å². The third-order valence-electron chi connectivity index (χ3n) is 8.81. The monoisotopic (exact) mass is 466 g/mol. The summed E-state index contributed by atoms with van der Waals surface area (Å²) in [5.74, 6) is 4.77. The van der Waals surface area contributed by atoms with Gasteiger partial charge in [-0.15, -0.1) is 0 Å². The number of hydrogen-bond acceptors (Lipinski definition) is 1. The molecular formula is C33H54O. The van der Waals surface area contributed by atoms with E-state index in [2.05, 4.69) is 50.3 Å². The quantitative estimate of drug-likeness (QED) is 0.184. The average molecular weight is 467 g/mol. The first-order valence-electron chi connectivity index (χ1n) is 15.1. The molecule has 2 saturated carbocycles. The van der Waals surface area contributed by atoms with Crippen molar-refractivity contribution in [2.75, 3.05) is 6.61 Å². The van der Waals surface area contributed by atoms with Crippen LogP contribution in [0.4, 0.5) is 0 Å². The molecule has 0 bridgehead atoms. The van der Waals surface area contributed by atoms with Crippen LogP contribution < -0.4 is 4.74 Å². The molecule has 0 atom stereocenters. The average Bonchev–Trinajstić information content (AvgIpc) is 2.88. The van der Waals surface area contributed by atoms with E-state index in [4.69, 9.17) is 4.74 Å². The third-order valence-corrected chi connectivity index (χ3v) is 8.81. The fraction of sp³-hybridized carbons (Fsp3) is 0.758.